The lowest BCUT2D eigenvalue weighted by molar-refractivity contribution is 0.519. The van der Waals surface area contributed by atoms with Gasteiger partial charge in [0.25, 0.3) is 0 Å². The second-order valence-corrected chi connectivity index (χ2v) is 5.40. The molecule has 0 atom stereocenters. The highest BCUT2D eigenvalue weighted by Crippen LogP contribution is 2.21. The highest BCUT2D eigenvalue weighted by Gasteiger charge is 2.20. The van der Waals surface area contributed by atoms with E-state index in [2.05, 4.69) is 33.3 Å². The molecule has 0 saturated heterocycles. The largest absolute Gasteiger partial charge is 0.336 e. The van der Waals surface area contributed by atoms with Crippen molar-refractivity contribution in [2.24, 2.45) is 0 Å². The van der Waals surface area contributed by atoms with Gasteiger partial charge in [-0.3, -0.25) is 0 Å². The third kappa shape index (κ3) is 2.42. The molecule has 0 aromatic carbocycles. The maximum absolute atomic E-state index is 4.83. The van der Waals surface area contributed by atoms with Gasteiger partial charge in [-0.05, 0) is 0 Å². The predicted octanol–water partition coefficient (Wildman–Crippen LogP) is 1.55. The highest BCUT2D eigenvalue weighted by atomic mass is 15.1. The van der Waals surface area contributed by atoms with Crippen LogP contribution in [0.3, 0.4) is 0 Å². The highest BCUT2D eigenvalue weighted by molar-refractivity contribution is 5.21. The van der Waals surface area contributed by atoms with Gasteiger partial charge in [-0.1, -0.05) is 13.8 Å². The van der Waals surface area contributed by atoms with Crippen LogP contribution in [0.5, 0.6) is 0 Å². The Labute approximate surface area is 113 Å². The van der Waals surface area contributed by atoms with Gasteiger partial charge in [0.2, 0.25) is 0 Å². The molecule has 5 heteroatoms. The fourth-order valence-electron chi connectivity index (χ4n) is 2.72. The van der Waals surface area contributed by atoms with Crippen molar-refractivity contribution in [3.8, 4) is 0 Å². The average Bonchev–Trinajstić information content (AvgIpc) is 3.03. The van der Waals surface area contributed by atoms with Crippen molar-refractivity contribution < 1.29 is 0 Å². The van der Waals surface area contributed by atoms with E-state index in [1.165, 1.54) is 17.2 Å². The molecule has 102 valence electrons. The van der Waals surface area contributed by atoms with E-state index in [4.69, 9.17) is 4.98 Å². The van der Waals surface area contributed by atoms with E-state index in [1.807, 2.05) is 18.7 Å². The van der Waals surface area contributed by atoms with Gasteiger partial charge in [-0.2, -0.15) is 0 Å². The molecule has 1 aliphatic heterocycles. The van der Waals surface area contributed by atoms with Gasteiger partial charge in [0, 0.05) is 56.6 Å². The maximum Gasteiger partial charge on any atom is 0.111 e. The molecule has 0 amide bonds. The fraction of sp³-hybridized carbons (Fsp3) is 0.571. The zero-order chi connectivity index (χ0) is 13.2. The van der Waals surface area contributed by atoms with Crippen molar-refractivity contribution >= 4 is 0 Å². The van der Waals surface area contributed by atoms with Gasteiger partial charge in [-0.15, -0.1) is 0 Å². The number of hydrogen-bond acceptors (Lipinski definition) is 3. The minimum absolute atomic E-state index is 0.466. The summed E-state index contributed by atoms with van der Waals surface area (Å²) < 4.78 is 4.54. The Kier molecular flexibility index (Phi) is 3.38. The Morgan fingerprint density at radius 2 is 2.26 bits per heavy atom. The van der Waals surface area contributed by atoms with Gasteiger partial charge in [-0.25, -0.2) is 9.97 Å². The lowest BCUT2D eigenvalue weighted by Crippen LogP contribution is -2.25. The van der Waals surface area contributed by atoms with Crippen LogP contribution in [0, 0.1) is 0 Å². The lowest BCUT2D eigenvalue weighted by atomic mass is 10.2. The van der Waals surface area contributed by atoms with Crippen molar-refractivity contribution in [3.63, 3.8) is 0 Å². The van der Waals surface area contributed by atoms with Crippen LogP contribution < -0.4 is 5.32 Å². The van der Waals surface area contributed by atoms with E-state index >= 15 is 0 Å². The Hall–Kier alpha value is -1.62. The van der Waals surface area contributed by atoms with Crippen molar-refractivity contribution in [1.82, 2.24) is 24.4 Å². The fourth-order valence-corrected chi connectivity index (χ4v) is 2.72. The number of aromatic nitrogens is 4. The summed E-state index contributed by atoms with van der Waals surface area (Å²) >= 11 is 0. The zero-order valence-electron chi connectivity index (χ0n) is 11.6. The van der Waals surface area contributed by atoms with E-state index in [1.54, 1.807) is 0 Å². The van der Waals surface area contributed by atoms with Crippen LogP contribution in [0.25, 0.3) is 0 Å². The third-order valence-corrected chi connectivity index (χ3v) is 3.67. The molecule has 19 heavy (non-hydrogen) atoms. The first kappa shape index (κ1) is 12.4. The predicted molar refractivity (Wildman–Crippen MR) is 74.0 cm³/mol. The molecule has 0 bridgehead atoms. The first-order chi connectivity index (χ1) is 9.25. The Morgan fingerprint density at radius 1 is 1.37 bits per heavy atom. The molecular formula is C14H21N5. The molecule has 2 aromatic rings. The summed E-state index contributed by atoms with van der Waals surface area (Å²) in [4.78, 5) is 8.92. The summed E-state index contributed by atoms with van der Waals surface area (Å²) in [5, 5.41) is 3.40. The summed E-state index contributed by atoms with van der Waals surface area (Å²) in [6.45, 7) is 8.33. The topological polar surface area (TPSA) is 47.7 Å². The van der Waals surface area contributed by atoms with Gasteiger partial charge >= 0.3 is 0 Å². The number of nitrogens with one attached hydrogen (secondary N) is 1. The Balaban J connectivity index is 1.87. The van der Waals surface area contributed by atoms with Crippen LogP contribution in [0.2, 0.25) is 0 Å². The van der Waals surface area contributed by atoms with E-state index in [9.17, 15) is 0 Å². The van der Waals surface area contributed by atoms with Crippen LogP contribution in [0.4, 0.5) is 0 Å². The summed E-state index contributed by atoms with van der Waals surface area (Å²) in [6, 6.07) is 0. The summed E-state index contributed by atoms with van der Waals surface area (Å²) in [7, 11) is 0. The van der Waals surface area contributed by atoms with Crippen LogP contribution in [-0.4, -0.2) is 25.6 Å². The molecule has 0 spiro atoms. The van der Waals surface area contributed by atoms with Crippen molar-refractivity contribution in [2.75, 3.05) is 6.54 Å². The minimum atomic E-state index is 0.466. The third-order valence-electron chi connectivity index (χ3n) is 3.67. The molecule has 3 rings (SSSR count). The first-order valence-electron chi connectivity index (χ1n) is 7.00. The maximum atomic E-state index is 4.83. The van der Waals surface area contributed by atoms with Gasteiger partial charge in [0.05, 0.1) is 12.0 Å². The summed E-state index contributed by atoms with van der Waals surface area (Å²) in [6.07, 6.45) is 6.80. The molecule has 0 unspecified atom stereocenters. The normalized spacial score (nSPS) is 14.9. The quantitative estimate of drug-likeness (QED) is 0.906. The molecule has 0 fully saturated rings. The molecule has 1 N–H and O–H groups in total. The molecule has 0 aliphatic carbocycles. The summed E-state index contributed by atoms with van der Waals surface area (Å²) in [5.74, 6) is 1.68. The van der Waals surface area contributed by atoms with Crippen molar-refractivity contribution in [3.05, 3.63) is 35.9 Å². The number of fused-ring (bicyclic) bond motifs is 1. The van der Waals surface area contributed by atoms with Gasteiger partial charge < -0.3 is 14.5 Å². The monoisotopic (exact) mass is 259 g/mol. The number of rotatable bonds is 4. The lowest BCUT2D eigenvalue weighted by Gasteiger charge is -2.17. The van der Waals surface area contributed by atoms with Crippen molar-refractivity contribution in [2.45, 2.75) is 45.8 Å². The number of imidazole rings is 2. The molecule has 0 saturated carbocycles. The molecule has 3 heterocycles. The molecule has 2 aromatic heterocycles. The van der Waals surface area contributed by atoms with Gasteiger partial charge in [0.1, 0.15) is 5.82 Å². The molecular weight excluding hydrogens is 238 g/mol. The molecule has 0 radical (unpaired) electrons. The van der Waals surface area contributed by atoms with E-state index in [0.717, 1.165) is 32.6 Å². The van der Waals surface area contributed by atoms with E-state index < -0.39 is 0 Å². The van der Waals surface area contributed by atoms with Crippen molar-refractivity contribution in [1.29, 1.82) is 0 Å². The van der Waals surface area contributed by atoms with E-state index in [-0.39, 0.29) is 0 Å². The zero-order valence-corrected chi connectivity index (χ0v) is 11.6. The molecule has 1 aliphatic rings. The minimum Gasteiger partial charge on any atom is -0.336 e. The van der Waals surface area contributed by atoms with Gasteiger partial charge in [0.15, 0.2) is 0 Å². The number of aryl methyl sites for hydroxylation is 1. The second kappa shape index (κ2) is 5.17. The standard InChI is InChI=1S/C14H21N5/c1-11(2)14-17-12-9-15-4-3-13(12)19(14)8-7-18-6-5-16-10-18/h5-6,10-11,15H,3-4,7-9H2,1-2H3. The number of nitrogens with zero attached hydrogens (tertiary/aromatic N) is 4. The average molecular weight is 259 g/mol. The Morgan fingerprint density at radius 3 is 3.00 bits per heavy atom. The number of hydrogen-bond donors (Lipinski definition) is 1. The summed E-state index contributed by atoms with van der Waals surface area (Å²) in [5.41, 5.74) is 2.66. The Bertz CT molecular complexity index is 538. The first-order valence-corrected chi connectivity index (χ1v) is 7.00. The van der Waals surface area contributed by atoms with Crippen LogP contribution in [-0.2, 0) is 26.1 Å². The van der Waals surface area contributed by atoms with E-state index in [0.29, 0.717) is 5.92 Å². The van der Waals surface area contributed by atoms with Crippen LogP contribution in [0.15, 0.2) is 18.7 Å². The smallest absolute Gasteiger partial charge is 0.111 e. The van der Waals surface area contributed by atoms with Crippen LogP contribution in [0.1, 0.15) is 37.0 Å². The SMILES string of the molecule is CC(C)c1nc2c(n1CCn1ccnc1)CCNC2. The molecule has 5 nitrogen and oxygen atoms in total. The van der Waals surface area contributed by atoms with Crippen LogP contribution >= 0.6 is 0 Å². The second-order valence-electron chi connectivity index (χ2n) is 5.40.